The summed E-state index contributed by atoms with van der Waals surface area (Å²) >= 11 is 0. The Labute approximate surface area is 437 Å². The zero-order valence-electron chi connectivity index (χ0n) is 43.3. The maximum Gasteiger partial charge on any atom is 0.246 e. The molecular weight excluding hydrogens is 952 g/mol. The fourth-order valence-corrected chi connectivity index (χ4v) is 12.6. The van der Waals surface area contributed by atoms with E-state index in [4.69, 9.17) is 20.5 Å². The molecule has 5 fully saturated rings. The highest BCUT2D eigenvalue weighted by Crippen LogP contribution is 2.40. The fourth-order valence-electron chi connectivity index (χ4n) is 12.6. The van der Waals surface area contributed by atoms with Gasteiger partial charge in [-0.2, -0.15) is 0 Å². The van der Waals surface area contributed by atoms with Gasteiger partial charge in [-0.15, -0.1) is 10.2 Å². The Hall–Kier alpha value is -6.92. The summed E-state index contributed by atoms with van der Waals surface area (Å²) in [6, 6.07) is 22.5. The number of para-hydroxylation sites is 1. The van der Waals surface area contributed by atoms with Crippen molar-refractivity contribution >= 4 is 35.1 Å². The fraction of sp³-hybridized carbons (Fsp3) is 0.491. The van der Waals surface area contributed by atoms with Crippen LogP contribution < -0.4 is 26.2 Å². The first kappa shape index (κ1) is 50.2. The van der Waals surface area contributed by atoms with Gasteiger partial charge in [0.15, 0.2) is 11.7 Å². The predicted molar refractivity (Wildman–Crippen MR) is 285 cm³/mol. The number of nitrogens with two attached hydrogens (primary N) is 1. The molecule has 2 unspecified atom stereocenters. The van der Waals surface area contributed by atoms with E-state index < -0.39 is 29.3 Å². The average Bonchev–Trinajstić information content (AvgIpc) is 4.10. The van der Waals surface area contributed by atoms with Gasteiger partial charge in [0.2, 0.25) is 23.5 Å². The number of aromatic hydroxyl groups is 1. The van der Waals surface area contributed by atoms with Gasteiger partial charge in [0.25, 0.3) is 0 Å². The molecule has 2 bridgehead atoms. The number of aliphatic hydroxyl groups excluding tert-OH is 1. The largest absolute Gasteiger partial charge is 0.507 e. The van der Waals surface area contributed by atoms with Crippen molar-refractivity contribution in [1.29, 1.82) is 0 Å². The highest BCUT2D eigenvalue weighted by molar-refractivity contribution is 5.96. The number of fused-ring (bicyclic) bond motifs is 2. The molecule has 6 N–H and O–H groups in total. The van der Waals surface area contributed by atoms with E-state index in [0.717, 1.165) is 100 Å². The van der Waals surface area contributed by atoms with Crippen molar-refractivity contribution < 1.29 is 29.0 Å². The number of amidine groups is 1. The van der Waals surface area contributed by atoms with Crippen LogP contribution in [0.4, 0.5) is 21.8 Å². The molecule has 7 heterocycles. The molecule has 4 saturated heterocycles. The van der Waals surface area contributed by atoms with Crippen molar-refractivity contribution in [1.82, 2.24) is 40.6 Å². The second-order valence-electron chi connectivity index (χ2n) is 22.8. The number of aliphatic hydroxyl groups is 1. The molecular formula is C57H69FN12O5. The lowest BCUT2D eigenvalue weighted by Crippen LogP contribution is -2.59. The van der Waals surface area contributed by atoms with E-state index in [9.17, 15) is 24.2 Å². The second kappa shape index (κ2) is 20.3. The highest BCUT2D eigenvalue weighted by atomic mass is 19.1. The Balaban J connectivity index is 0.655. The van der Waals surface area contributed by atoms with Crippen LogP contribution in [-0.2, 0) is 20.2 Å². The number of β-amino-alcohol motifs (C(OH)–C–C–N with tert-alkyl or cyclic N) is 1. The van der Waals surface area contributed by atoms with Gasteiger partial charge in [-0.1, -0.05) is 80.5 Å². The number of piperazine rings is 1. The van der Waals surface area contributed by atoms with E-state index in [-0.39, 0.29) is 54.3 Å². The molecule has 5 aromatic rings. The number of piperidine rings is 1. The zero-order valence-corrected chi connectivity index (χ0v) is 43.3. The minimum atomic E-state index is -1.06. The number of aromatic nitrogens is 4. The number of rotatable bonds is 11. The summed E-state index contributed by atoms with van der Waals surface area (Å²) in [4.78, 5) is 53.5. The molecule has 1 aliphatic carbocycles. The van der Waals surface area contributed by atoms with Crippen molar-refractivity contribution in [2.75, 3.05) is 48.3 Å². The molecule has 6 aliphatic rings. The zero-order chi connectivity index (χ0) is 52.2. The number of hydrogen-bond donors (Lipinski definition) is 5. The number of amides is 2. The molecule has 6 atom stereocenters. The molecule has 394 valence electrons. The van der Waals surface area contributed by atoms with Crippen molar-refractivity contribution in [3.8, 4) is 28.1 Å². The van der Waals surface area contributed by atoms with E-state index in [0.29, 0.717) is 40.4 Å². The lowest BCUT2D eigenvalue weighted by molar-refractivity contribution is -0.141. The first-order valence-electron chi connectivity index (χ1n) is 26.8. The van der Waals surface area contributed by atoms with Crippen molar-refractivity contribution in [2.45, 2.75) is 133 Å². The number of carbonyl (C=O) groups is 2. The Bertz CT molecular complexity index is 2910. The Kier molecular flexibility index (Phi) is 13.6. The number of carbonyl (C=O) groups excluding carboxylic acids is 2. The number of halogens is 1. The molecule has 18 heteroatoms. The standard InChI is InChI=1S/C57H69FN12O5/c1-56(2,3)50(54(74)69-33-42(71)27-48(69)52-63-57(4,75-66-52)38-17-13-35(14-18-38)43-9-5-7-11-45(43)58)62-53(73)36-15-19-39(20-16-36)67-25-23-34(24-26-67)37-29-60-55(61-30-37)70-40-21-22-41(70)32-68(31-40)47-28-46(64-65-51(47)59)44-10-6-8-12-49(44)72/h5-14,17-18,28-30,34,36,39-42,48,50,71-72H,15-16,19-27,31-33H2,1-4H3,(H2,59,65)(H,62,73)(H,63,66)/t36-,39+,40?,41?,42-,48+,50-,57-/m1/s1. The van der Waals surface area contributed by atoms with E-state index in [1.165, 1.54) is 11.6 Å². The monoisotopic (exact) mass is 1020 g/mol. The van der Waals surface area contributed by atoms with Crippen LogP contribution in [-0.4, -0.2) is 127 Å². The van der Waals surface area contributed by atoms with Crippen molar-refractivity contribution in [3.05, 3.63) is 108 Å². The van der Waals surface area contributed by atoms with Gasteiger partial charge in [-0.05, 0) is 111 Å². The van der Waals surface area contributed by atoms with Crippen LogP contribution in [0.25, 0.3) is 22.4 Å². The first-order valence-corrected chi connectivity index (χ1v) is 26.8. The van der Waals surface area contributed by atoms with Crippen LogP contribution in [0.2, 0.25) is 0 Å². The third-order valence-electron chi connectivity index (χ3n) is 16.9. The molecule has 2 aromatic heterocycles. The summed E-state index contributed by atoms with van der Waals surface area (Å²) in [6.45, 7) is 11.3. The predicted octanol–water partition coefficient (Wildman–Crippen LogP) is 6.92. The number of phenols is 1. The van der Waals surface area contributed by atoms with Crippen LogP contribution in [0.5, 0.6) is 5.75 Å². The number of nitrogen functional groups attached to an aromatic ring is 1. The smallest absolute Gasteiger partial charge is 0.246 e. The lowest BCUT2D eigenvalue weighted by atomic mass is 9.81. The quantitative estimate of drug-likeness (QED) is 0.0910. The van der Waals surface area contributed by atoms with Crippen LogP contribution in [0.15, 0.2) is 96.4 Å². The van der Waals surface area contributed by atoms with Gasteiger partial charge in [-0.3, -0.25) is 9.59 Å². The number of phenolic OH excluding ortho intramolecular Hbond substituents is 1. The number of benzene rings is 3. The number of anilines is 3. The molecule has 0 radical (unpaired) electrons. The van der Waals surface area contributed by atoms with Crippen LogP contribution in [0, 0.1) is 17.2 Å². The Morgan fingerprint density at radius 1 is 0.853 bits per heavy atom. The maximum atomic E-state index is 14.6. The Morgan fingerprint density at radius 2 is 1.51 bits per heavy atom. The van der Waals surface area contributed by atoms with E-state index in [2.05, 4.69) is 40.7 Å². The molecule has 0 spiro atoms. The van der Waals surface area contributed by atoms with Gasteiger partial charge in [-0.25, -0.2) is 14.4 Å². The molecule has 2 amide bonds. The van der Waals surface area contributed by atoms with Gasteiger partial charge in [0.05, 0.1) is 23.5 Å². The molecule has 3 aromatic carbocycles. The van der Waals surface area contributed by atoms with E-state index in [1.807, 2.05) is 82.6 Å². The summed E-state index contributed by atoms with van der Waals surface area (Å²) in [5.74, 6) is 1.25. The van der Waals surface area contributed by atoms with Gasteiger partial charge >= 0.3 is 0 Å². The second-order valence-corrected chi connectivity index (χ2v) is 22.8. The highest BCUT2D eigenvalue weighted by Gasteiger charge is 2.48. The molecule has 75 heavy (non-hydrogen) atoms. The van der Waals surface area contributed by atoms with Crippen molar-refractivity contribution in [2.24, 2.45) is 16.5 Å². The molecule has 5 aliphatic heterocycles. The van der Waals surface area contributed by atoms with Gasteiger partial charge in [0, 0.05) is 86.1 Å². The minimum absolute atomic E-state index is 0.101. The summed E-state index contributed by atoms with van der Waals surface area (Å²) in [5.41, 5.74) is 9.93. The third-order valence-corrected chi connectivity index (χ3v) is 16.9. The van der Waals surface area contributed by atoms with Gasteiger partial charge < -0.3 is 51.0 Å². The molecule has 1 saturated carbocycles. The number of oxime groups is 1. The molecule has 17 nitrogen and oxygen atoms in total. The first-order chi connectivity index (χ1) is 36.1. The van der Waals surface area contributed by atoms with Crippen molar-refractivity contribution in [3.63, 3.8) is 0 Å². The number of likely N-dealkylation sites (tertiary alicyclic amines) is 2. The number of nitrogens with zero attached hydrogens (tertiary/aromatic N) is 9. The summed E-state index contributed by atoms with van der Waals surface area (Å²) in [7, 11) is 0. The topological polar surface area (TPSA) is 211 Å². The summed E-state index contributed by atoms with van der Waals surface area (Å²) in [6.07, 6.45) is 11.0. The third kappa shape index (κ3) is 10.1. The average molecular weight is 1020 g/mol. The van der Waals surface area contributed by atoms with Crippen LogP contribution in [0.3, 0.4) is 0 Å². The van der Waals surface area contributed by atoms with Gasteiger partial charge in [0.1, 0.15) is 17.6 Å². The molecule has 11 rings (SSSR count). The van der Waals surface area contributed by atoms with E-state index >= 15 is 0 Å². The lowest BCUT2D eigenvalue weighted by Gasteiger charge is -2.42. The Morgan fingerprint density at radius 3 is 2.17 bits per heavy atom. The minimum Gasteiger partial charge on any atom is -0.507 e. The summed E-state index contributed by atoms with van der Waals surface area (Å²) in [5, 5.41) is 40.9. The van der Waals surface area contributed by atoms with E-state index in [1.54, 1.807) is 35.2 Å². The van der Waals surface area contributed by atoms with Crippen LogP contribution in [0.1, 0.15) is 103 Å². The summed E-state index contributed by atoms with van der Waals surface area (Å²) < 4.78 is 14.5. The maximum absolute atomic E-state index is 14.6. The normalized spacial score (nSPS) is 26.6. The number of hydrogen-bond acceptors (Lipinski definition) is 15. The van der Waals surface area contributed by atoms with Crippen LogP contribution >= 0.6 is 0 Å². The number of nitrogens with one attached hydrogen (secondary N) is 2. The SMILES string of the molecule is CC(C)(C)[C@H](NC(=O)[C@H]1CC[C@@H](N2CCC(c3cnc(N4C5CCC4CN(c4cc(-c6ccccc6O)nnc4N)C5)nc3)CC2)CC1)C(=O)N1C[C@H](O)C[C@H]1C1=NO[C@](C)(c2ccc(-c3ccccc3F)cc2)N1.